The molecule has 0 radical (unpaired) electrons. The summed E-state index contributed by atoms with van der Waals surface area (Å²) < 4.78 is 0.289. The zero-order valence-corrected chi connectivity index (χ0v) is 8.67. The van der Waals surface area contributed by atoms with Gasteiger partial charge in [-0.2, -0.15) is 0 Å². The molecule has 0 aliphatic heterocycles. The molecular weight excluding hydrogens is 155 g/mol. The summed E-state index contributed by atoms with van der Waals surface area (Å²) in [5.41, 5.74) is 0. The van der Waals surface area contributed by atoms with E-state index < -0.39 is 14.1 Å². The third kappa shape index (κ3) is 4.34. The van der Waals surface area contributed by atoms with Gasteiger partial charge in [-0.3, -0.25) is 0 Å². The van der Waals surface area contributed by atoms with Gasteiger partial charge in [0.15, 0.2) is 0 Å². The number of carbonyl (C=O) groups is 2. The minimum Gasteiger partial charge on any atom is -0.320 e. The van der Waals surface area contributed by atoms with Gasteiger partial charge >= 0.3 is 14.1 Å². The fourth-order valence-corrected chi connectivity index (χ4v) is 3.30. The second-order valence-electron chi connectivity index (χ2n) is 2.92. The van der Waals surface area contributed by atoms with Crippen molar-refractivity contribution in [3.8, 4) is 0 Å². The molecule has 0 aromatic carbocycles. The van der Waals surface area contributed by atoms with E-state index in [0.29, 0.717) is 0 Å². The molecule has 11 heavy (non-hydrogen) atoms. The summed E-state index contributed by atoms with van der Waals surface area (Å²) in [7, 11) is 0. The average Bonchev–Trinajstić information content (AvgIpc) is 1.87. The van der Waals surface area contributed by atoms with Crippen LogP contribution in [0.2, 0.25) is 5.28 Å². The smallest absolute Gasteiger partial charge is 0.320 e. The second-order valence-corrected chi connectivity index (χ2v) is 6.22. The molecule has 0 spiro atoms. The topological polar surface area (TPSA) is 34.1 Å². The van der Waals surface area contributed by atoms with Crippen LogP contribution in [-0.2, 0) is 9.59 Å². The van der Waals surface area contributed by atoms with E-state index in [0.717, 1.165) is 18.1 Å². The summed E-state index contributed by atoms with van der Waals surface area (Å²) in [6.07, 6.45) is 2.10. The molecule has 0 aromatic heterocycles. The molecule has 0 saturated heterocycles. The molecule has 0 rings (SSSR count). The first-order chi connectivity index (χ1) is 5.09. The fourth-order valence-electron chi connectivity index (χ4n) is 1.10. The summed E-state index contributed by atoms with van der Waals surface area (Å²) in [5, 5.41) is 0.862. The maximum Gasteiger partial charge on any atom is 0.460 e. The Bertz CT molecular complexity index is 140. The first-order valence-corrected chi connectivity index (χ1v) is 6.07. The van der Waals surface area contributed by atoms with Crippen molar-refractivity contribution in [1.82, 2.24) is 0 Å². The van der Waals surface area contributed by atoms with Gasteiger partial charge < -0.3 is 9.59 Å². The Morgan fingerprint density at radius 2 is 1.64 bits per heavy atom. The van der Waals surface area contributed by atoms with E-state index in [1.807, 2.05) is 0 Å². The molecule has 0 aromatic rings. The second kappa shape index (κ2) is 5.51. The average molecular weight is 170 g/mol. The van der Waals surface area contributed by atoms with Crippen LogP contribution in [0.4, 0.5) is 0 Å². The van der Waals surface area contributed by atoms with Crippen molar-refractivity contribution in [1.29, 1.82) is 0 Å². The highest BCUT2D eigenvalue weighted by Gasteiger charge is 2.28. The standard InChI is InChI=1S/C4H9.2C2H3O.Al/c1-3-4-2;2*1-2-3;/h1,3-4H2,2H3;2*1H3;. The Balaban J connectivity index is 3.90. The summed E-state index contributed by atoms with van der Waals surface area (Å²) in [5.74, 6) is 0. The zero-order chi connectivity index (χ0) is 8.85. The molecule has 0 aliphatic rings. The molecule has 0 heterocycles. The van der Waals surface area contributed by atoms with Gasteiger partial charge in [0.25, 0.3) is 0 Å². The highest BCUT2D eigenvalue weighted by molar-refractivity contribution is 7.10. The molecule has 0 aliphatic carbocycles. The van der Waals surface area contributed by atoms with Crippen LogP contribution in [-0.4, -0.2) is 23.4 Å². The van der Waals surface area contributed by atoms with Gasteiger partial charge in [0, 0.05) is 0 Å². The number of carbonyl (C=O) groups excluding carboxylic acids is 2. The molecular formula is C8H15AlO2. The van der Waals surface area contributed by atoms with E-state index >= 15 is 0 Å². The van der Waals surface area contributed by atoms with Gasteiger partial charge in [0.1, 0.15) is 0 Å². The molecule has 0 unspecified atom stereocenters. The number of unbranched alkanes of at least 4 members (excludes halogenated alkanes) is 1. The van der Waals surface area contributed by atoms with Crippen molar-refractivity contribution in [2.75, 3.05) is 0 Å². The van der Waals surface area contributed by atoms with Crippen molar-refractivity contribution in [2.24, 2.45) is 0 Å². The Kier molecular flexibility index (Phi) is 5.45. The first kappa shape index (κ1) is 10.9. The van der Waals surface area contributed by atoms with Crippen LogP contribution in [0.15, 0.2) is 0 Å². The van der Waals surface area contributed by atoms with Crippen molar-refractivity contribution in [3.63, 3.8) is 0 Å². The van der Waals surface area contributed by atoms with Crippen LogP contribution in [0.3, 0.4) is 0 Å². The highest BCUT2D eigenvalue weighted by atomic mass is 27.2. The van der Waals surface area contributed by atoms with E-state index in [9.17, 15) is 9.59 Å². The van der Waals surface area contributed by atoms with Crippen LogP contribution in [0, 0.1) is 0 Å². The van der Waals surface area contributed by atoms with Crippen LogP contribution in [0.1, 0.15) is 33.6 Å². The maximum atomic E-state index is 10.9. The third-order valence-corrected chi connectivity index (χ3v) is 4.78. The maximum absolute atomic E-state index is 10.9. The normalized spacial score (nSPS) is 9.36. The lowest BCUT2D eigenvalue weighted by Crippen LogP contribution is -2.31. The molecule has 2 nitrogen and oxygen atoms in total. The molecule has 0 fully saturated rings. The van der Waals surface area contributed by atoms with Crippen molar-refractivity contribution in [2.45, 2.75) is 38.9 Å². The van der Waals surface area contributed by atoms with Gasteiger partial charge in [-0.25, -0.2) is 0 Å². The van der Waals surface area contributed by atoms with Gasteiger partial charge in [-0.15, -0.1) is 0 Å². The van der Waals surface area contributed by atoms with Gasteiger partial charge in [0.05, 0.1) is 9.29 Å². The Hall–Kier alpha value is -0.128. The highest BCUT2D eigenvalue weighted by Crippen LogP contribution is 2.02. The molecule has 0 N–H and O–H groups in total. The monoisotopic (exact) mass is 170 g/mol. The summed E-state index contributed by atoms with van der Waals surface area (Å²) in [4.78, 5) is 21.9. The zero-order valence-electron chi connectivity index (χ0n) is 7.52. The lowest BCUT2D eigenvalue weighted by molar-refractivity contribution is -0.113. The van der Waals surface area contributed by atoms with Crippen LogP contribution in [0.5, 0.6) is 0 Å². The molecule has 0 amide bonds. The minimum atomic E-state index is -1.68. The summed E-state index contributed by atoms with van der Waals surface area (Å²) >= 11 is -1.68. The van der Waals surface area contributed by atoms with Crippen LogP contribution >= 0.6 is 0 Å². The predicted molar refractivity (Wildman–Crippen MR) is 46.8 cm³/mol. The van der Waals surface area contributed by atoms with Crippen molar-refractivity contribution >= 4 is 23.4 Å². The largest absolute Gasteiger partial charge is 0.460 e. The fraction of sp³-hybridized carbons (Fsp3) is 0.750. The Labute approximate surface area is 72.4 Å². The molecule has 62 valence electrons. The number of hydrogen-bond acceptors (Lipinski definition) is 2. The quantitative estimate of drug-likeness (QED) is 0.586. The molecule has 3 heteroatoms. The molecule has 0 saturated carbocycles. The van der Waals surface area contributed by atoms with Crippen LogP contribution in [0.25, 0.3) is 0 Å². The lowest BCUT2D eigenvalue weighted by Gasteiger charge is -2.01. The Morgan fingerprint density at radius 1 is 1.18 bits per heavy atom. The lowest BCUT2D eigenvalue weighted by atomic mass is 10.4. The van der Waals surface area contributed by atoms with E-state index in [1.165, 1.54) is 0 Å². The number of hydrogen-bond donors (Lipinski definition) is 0. The van der Waals surface area contributed by atoms with Gasteiger partial charge in [0.2, 0.25) is 0 Å². The Morgan fingerprint density at radius 3 is 1.91 bits per heavy atom. The summed E-state index contributed by atoms with van der Waals surface area (Å²) in [6.45, 7) is 5.17. The molecule has 0 bridgehead atoms. The molecule has 0 atom stereocenters. The summed E-state index contributed by atoms with van der Waals surface area (Å²) in [6, 6.07) is 0. The SMILES string of the molecule is CCC[CH2][Al]([C](C)=O)[C](C)=O. The number of rotatable bonds is 5. The van der Waals surface area contributed by atoms with E-state index in [-0.39, 0.29) is 9.29 Å². The van der Waals surface area contributed by atoms with Gasteiger partial charge in [-0.05, 0) is 13.8 Å². The minimum absolute atomic E-state index is 0.144. The van der Waals surface area contributed by atoms with Crippen molar-refractivity contribution < 1.29 is 9.59 Å². The third-order valence-electron chi connectivity index (χ3n) is 1.83. The van der Waals surface area contributed by atoms with Gasteiger partial charge in [-0.1, -0.05) is 25.0 Å². The van der Waals surface area contributed by atoms with E-state index in [2.05, 4.69) is 6.92 Å². The predicted octanol–water partition coefficient (Wildman–Crippen LogP) is 1.54. The van der Waals surface area contributed by atoms with E-state index in [1.54, 1.807) is 13.8 Å². The van der Waals surface area contributed by atoms with Crippen molar-refractivity contribution in [3.05, 3.63) is 0 Å². The van der Waals surface area contributed by atoms with Crippen LogP contribution < -0.4 is 0 Å². The first-order valence-electron chi connectivity index (χ1n) is 4.10. The van der Waals surface area contributed by atoms with E-state index in [4.69, 9.17) is 0 Å².